The number of hydrogen-bond donors (Lipinski definition) is 1. The number of nitrogens with zero attached hydrogens (tertiary/aromatic N) is 2. The lowest BCUT2D eigenvalue weighted by atomic mass is 9.95. The zero-order valence-electron chi connectivity index (χ0n) is 12.9. The van der Waals surface area contributed by atoms with Crippen molar-refractivity contribution in [3.05, 3.63) is 17.6 Å². The second-order valence-electron chi connectivity index (χ2n) is 6.31. The standard InChI is InChI=1S/C15H25N3O2/c1-15(2,3)14-17-12(9-19-4)8-13(18-14)16-11-6-5-7-20-10-11/h8,11H,5-7,9-10H2,1-4H3,(H,16,17,18). The molecule has 1 fully saturated rings. The Morgan fingerprint density at radius 3 is 2.80 bits per heavy atom. The summed E-state index contributed by atoms with van der Waals surface area (Å²) in [7, 11) is 1.68. The molecule has 1 unspecified atom stereocenters. The molecule has 1 N–H and O–H groups in total. The lowest BCUT2D eigenvalue weighted by Crippen LogP contribution is -2.31. The Labute approximate surface area is 121 Å². The molecule has 112 valence electrons. The molecule has 2 heterocycles. The molecule has 1 saturated heterocycles. The van der Waals surface area contributed by atoms with Gasteiger partial charge in [-0.1, -0.05) is 20.8 Å². The molecule has 1 aliphatic rings. The minimum absolute atomic E-state index is 0.0801. The van der Waals surface area contributed by atoms with Crippen molar-refractivity contribution in [1.29, 1.82) is 0 Å². The van der Waals surface area contributed by atoms with Gasteiger partial charge in [-0.3, -0.25) is 0 Å². The van der Waals surface area contributed by atoms with Crippen LogP contribution in [0.3, 0.4) is 0 Å². The zero-order chi connectivity index (χ0) is 14.6. The average molecular weight is 279 g/mol. The van der Waals surface area contributed by atoms with Gasteiger partial charge in [-0.15, -0.1) is 0 Å². The van der Waals surface area contributed by atoms with Crippen molar-refractivity contribution < 1.29 is 9.47 Å². The summed E-state index contributed by atoms with van der Waals surface area (Å²) in [6, 6.07) is 2.30. The minimum atomic E-state index is -0.0801. The molecule has 0 saturated carbocycles. The van der Waals surface area contributed by atoms with Crippen molar-refractivity contribution in [3.8, 4) is 0 Å². The van der Waals surface area contributed by atoms with E-state index in [9.17, 15) is 0 Å². The average Bonchev–Trinajstić information content (AvgIpc) is 2.39. The number of ether oxygens (including phenoxy) is 2. The van der Waals surface area contributed by atoms with Gasteiger partial charge < -0.3 is 14.8 Å². The molecule has 1 aromatic heterocycles. The number of methoxy groups -OCH3 is 1. The third-order valence-electron chi connectivity index (χ3n) is 3.25. The van der Waals surface area contributed by atoms with Gasteiger partial charge in [0.05, 0.1) is 24.9 Å². The maximum Gasteiger partial charge on any atom is 0.136 e. The number of nitrogens with one attached hydrogen (secondary N) is 1. The van der Waals surface area contributed by atoms with Crippen LogP contribution in [-0.4, -0.2) is 36.3 Å². The van der Waals surface area contributed by atoms with Crippen LogP contribution in [0.15, 0.2) is 6.07 Å². The van der Waals surface area contributed by atoms with Crippen LogP contribution in [0.4, 0.5) is 5.82 Å². The fourth-order valence-corrected chi connectivity index (χ4v) is 2.19. The van der Waals surface area contributed by atoms with Gasteiger partial charge in [0.15, 0.2) is 0 Å². The predicted molar refractivity (Wildman–Crippen MR) is 78.9 cm³/mol. The Balaban J connectivity index is 2.19. The topological polar surface area (TPSA) is 56.3 Å². The van der Waals surface area contributed by atoms with E-state index in [2.05, 4.69) is 36.1 Å². The van der Waals surface area contributed by atoms with Crippen molar-refractivity contribution in [2.24, 2.45) is 0 Å². The summed E-state index contributed by atoms with van der Waals surface area (Å²) in [5.74, 6) is 1.71. The van der Waals surface area contributed by atoms with Gasteiger partial charge in [0, 0.05) is 25.2 Å². The quantitative estimate of drug-likeness (QED) is 0.917. The summed E-state index contributed by atoms with van der Waals surface area (Å²) in [5, 5.41) is 3.46. The molecule has 5 nitrogen and oxygen atoms in total. The first-order valence-electron chi connectivity index (χ1n) is 7.20. The normalized spacial score (nSPS) is 19.9. The fourth-order valence-electron chi connectivity index (χ4n) is 2.19. The highest BCUT2D eigenvalue weighted by Gasteiger charge is 2.20. The monoisotopic (exact) mass is 279 g/mol. The van der Waals surface area contributed by atoms with Crippen molar-refractivity contribution in [2.45, 2.75) is 51.7 Å². The summed E-state index contributed by atoms with van der Waals surface area (Å²) >= 11 is 0. The highest BCUT2D eigenvalue weighted by molar-refractivity contribution is 5.38. The molecule has 20 heavy (non-hydrogen) atoms. The molecule has 5 heteroatoms. The maximum absolute atomic E-state index is 5.50. The van der Waals surface area contributed by atoms with Crippen LogP contribution in [0.25, 0.3) is 0 Å². The summed E-state index contributed by atoms with van der Waals surface area (Å²) in [6.45, 7) is 8.46. The number of hydrogen-bond acceptors (Lipinski definition) is 5. The molecule has 0 spiro atoms. The van der Waals surface area contributed by atoms with E-state index in [1.807, 2.05) is 6.07 Å². The summed E-state index contributed by atoms with van der Waals surface area (Å²) in [6.07, 6.45) is 2.22. The number of anilines is 1. The molecule has 0 aromatic carbocycles. The van der Waals surface area contributed by atoms with Gasteiger partial charge in [0.2, 0.25) is 0 Å². The van der Waals surface area contributed by atoms with Crippen molar-refractivity contribution in [2.75, 3.05) is 25.6 Å². The van der Waals surface area contributed by atoms with E-state index in [-0.39, 0.29) is 5.41 Å². The molecule has 1 atom stereocenters. The molecule has 0 amide bonds. The number of aromatic nitrogens is 2. The van der Waals surface area contributed by atoms with Gasteiger partial charge in [0.25, 0.3) is 0 Å². The maximum atomic E-state index is 5.50. The van der Waals surface area contributed by atoms with Gasteiger partial charge in [-0.05, 0) is 12.8 Å². The zero-order valence-corrected chi connectivity index (χ0v) is 12.9. The Hall–Kier alpha value is -1.20. The molecule has 0 bridgehead atoms. The van der Waals surface area contributed by atoms with E-state index in [1.165, 1.54) is 0 Å². The van der Waals surface area contributed by atoms with E-state index in [0.29, 0.717) is 12.6 Å². The van der Waals surface area contributed by atoms with Gasteiger partial charge in [0.1, 0.15) is 11.6 Å². The molecular weight excluding hydrogens is 254 g/mol. The lowest BCUT2D eigenvalue weighted by molar-refractivity contribution is 0.0875. The highest BCUT2D eigenvalue weighted by Crippen LogP contribution is 2.22. The summed E-state index contributed by atoms with van der Waals surface area (Å²) in [4.78, 5) is 9.23. The summed E-state index contributed by atoms with van der Waals surface area (Å²) in [5.41, 5.74) is 0.829. The molecule has 2 rings (SSSR count). The smallest absolute Gasteiger partial charge is 0.136 e. The van der Waals surface area contributed by atoms with E-state index in [1.54, 1.807) is 7.11 Å². The molecule has 1 aliphatic heterocycles. The second kappa shape index (κ2) is 6.50. The van der Waals surface area contributed by atoms with E-state index < -0.39 is 0 Å². The number of rotatable bonds is 4. The van der Waals surface area contributed by atoms with Gasteiger partial charge in [-0.25, -0.2) is 9.97 Å². The van der Waals surface area contributed by atoms with Gasteiger partial charge in [-0.2, -0.15) is 0 Å². The third-order valence-corrected chi connectivity index (χ3v) is 3.25. The Morgan fingerprint density at radius 2 is 2.20 bits per heavy atom. The van der Waals surface area contributed by atoms with E-state index >= 15 is 0 Å². The third kappa shape index (κ3) is 4.15. The van der Waals surface area contributed by atoms with E-state index in [4.69, 9.17) is 9.47 Å². The van der Waals surface area contributed by atoms with Crippen LogP contribution in [0.2, 0.25) is 0 Å². The first-order valence-corrected chi connectivity index (χ1v) is 7.20. The lowest BCUT2D eigenvalue weighted by Gasteiger charge is -2.25. The van der Waals surface area contributed by atoms with Crippen molar-refractivity contribution in [3.63, 3.8) is 0 Å². The van der Waals surface area contributed by atoms with Gasteiger partial charge >= 0.3 is 0 Å². The predicted octanol–water partition coefficient (Wildman–Crippen LogP) is 2.51. The second-order valence-corrected chi connectivity index (χ2v) is 6.31. The largest absolute Gasteiger partial charge is 0.379 e. The Morgan fingerprint density at radius 1 is 1.40 bits per heavy atom. The minimum Gasteiger partial charge on any atom is -0.379 e. The van der Waals surface area contributed by atoms with Crippen LogP contribution >= 0.6 is 0 Å². The van der Waals surface area contributed by atoms with E-state index in [0.717, 1.165) is 43.4 Å². The Bertz CT molecular complexity index is 437. The fraction of sp³-hybridized carbons (Fsp3) is 0.733. The molecular formula is C15H25N3O2. The van der Waals surface area contributed by atoms with Crippen LogP contribution in [-0.2, 0) is 21.5 Å². The SMILES string of the molecule is COCc1cc(NC2CCCOC2)nc(C(C)(C)C)n1. The first kappa shape index (κ1) is 15.2. The van der Waals surface area contributed by atoms with Crippen LogP contribution in [0, 0.1) is 0 Å². The Kier molecular flexibility index (Phi) is 4.94. The van der Waals surface area contributed by atoms with Crippen LogP contribution in [0.1, 0.15) is 45.1 Å². The highest BCUT2D eigenvalue weighted by atomic mass is 16.5. The summed E-state index contributed by atoms with van der Waals surface area (Å²) < 4.78 is 10.7. The first-order chi connectivity index (χ1) is 9.49. The van der Waals surface area contributed by atoms with Crippen molar-refractivity contribution in [1.82, 2.24) is 9.97 Å². The van der Waals surface area contributed by atoms with Crippen LogP contribution in [0.5, 0.6) is 0 Å². The van der Waals surface area contributed by atoms with Crippen LogP contribution < -0.4 is 5.32 Å². The molecule has 0 aliphatic carbocycles. The molecule has 0 radical (unpaired) electrons. The van der Waals surface area contributed by atoms with Crippen molar-refractivity contribution >= 4 is 5.82 Å². The molecule has 1 aromatic rings.